The summed E-state index contributed by atoms with van der Waals surface area (Å²) in [4.78, 5) is 0. The van der Waals surface area contributed by atoms with Crippen molar-refractivity contribution >= 4 is 11.9 Å². The van der Waals surface area contributed by atoms with E-state index >= 15 is 0 Å². The van der Waals surface area contributed by atoms with Crippen molar-refractivity contribution < 1.29 is 13.4 Å². The smallest absolute Gasteiger partial charge is 0.223 e. The Morgan fingerprint density at radius 1 is 1.45 bits per heavy atom. The van der Waals surface area contributed by atoms with E-state index < -0.39 is 5.82 Å². The predicted molar refractivity (Wildman–Crippen MR) is 39.4 cm³/mol. The molecule has 0 spiro atoms. The SMILES string of the molecule is COc1cccc(F)c1OCl. The van der Waals surface area contributed by atoms with Crippen LogP contribution in [-0.2, 0) is 0 Å². The van der Waals surface area contributed by atoms with Gasteiger partial charge in [0.1, 0.15) is 11.9 Å². The molecule has 0 fully saturated rings. The molecule has 0 saturated carbocycles. The van der Waals surface area contributed by atoms with Crippen LogP contribution < -0.4 is 9.03 Å². The Hall–Kier alpha value is -0.960. The van der Waals surface area contributed by atoms with E-state index in [1.54, 1.807) is 6.07 Å². The molecule has 0 aromatic heterocycles. The Balaban J connectivity index is 3.13. The highest BCUT2D eigenvalue weighted by Gasteiger charge is 2.08. The molecule has 1 aromatic rings. The molecule has 0 aliphatic heterocycles. The van der Waals surface area contributed by atoms with Gasteiger partial charge in [-0.1, -0.05) is 6.07 Å². The molecule has 11 heavy (non-hydrogen) atoms. The van der Waals surface area contributed by atoms with Crippen molar-refractivity contribution in [3.05, 3.63) is 24.0 Å². The predicted octanol–water partition coefficient (Wildman–Crippen LogP) is 2.37. The Morgan fingerprint density at radius 3 is 2.64 bits per heavy atom. The fraction of sp³-hybridized carbons (Fsp3) is 0.143. The van der Waals surface area contributed by atoms with Crippen LogP contribution in [0.3, 0.4) is 0 Å². The lowest BCUT2D eigenvalue weighted by atomic mass is 10.3. The minimum atomic E-state index is -0.542. The first kappa shape index (κ1) is 8.14. The van der Waals surface area contributed by atoms with E-state index in [2.05, 4.69) is 4.29 Å². The standard InChI is InChI=1S/C7H6ClFO2/c1-10-6-4-2-3-5(9)7(6)11-8/h2-4H,1H3. The molecule has 1 rings (SSSR count). The van der Waals surface area contributed by atoms with Crippen molar-refractivity contribution in [2.75, 3.05) is 7.11 Å². The molecule has 2 nitrogen and oxygen atoms in total. The van der Waals surface area contributed by atoms with Gasteiger partial charge in [0.25, 0.3) is 0 Å². The lowest BCUT2D eigenvalue weighted by Gasteiger charge is -2.04. The van der Waals surface area contributed by atoms with Crippen LogP contribution in [0.15, 0.2) is 18.2 Å². The Kier molecular flexibility index (Phi) is 2.54. The molecule has 0 bridgehead atoms. The quantitative estimate of drug-likeness (QED) is 0.689. The van der Waals surface area contributed by atoms with Gasteiger partial charge in [0, 0.05) is 0 Å². The maximum absolute atomic E-state index is 12.7. The lowest BCUT2D eigenvalue weighted by Crippen LogP contribution is -1.89. The van der Waals surface area contributed by atoms with Crippen LogP contribution in [0.5, 0.6) is 11.5 Å². The third-order valence-corrected chi connectivity index (χ3v) is 1.38. The number of methoxy groups -OCH3 is 1. The molecule has 0 saturated heterocycles. The van der Waals surface area contributed by atoms with Gasteiger partial charge in [-0.2, -0.15) is 0 Å². The van der Waals surface area contributed by atoms with Gasteiger partial charge in [-0.25, -0.2) is 4.39 Å². The van der Waals surface area contributed by atoms with Crippen LogP contribution >= 0.6 is 11.9 Å². The van der Waals surface area contributed by atoms with Crippen molar-refractivity contribution in [2.24, 2.45) is 0 Å². The maximum atomic E-state index is 12.7. The van der Waals surface area contributed by atoms with E-state index in [-0.39, 0.29) is 11.5 Å². The second kappa shape index (κ2) is 3.44. The van der Waals surface area contributed by atoms with Gasteiger partial charge in [0.15, 0.2) is 11.6 Å². The summed E-state index contributed by atoms with van der Waals surface area (Å²) in [6.07, 6.45) is 0. The molecule has 0 N–H and O–H groups in total. The van der Waals surface area contributed by atoms with Crippen molar-refractivity contribution in [1.82, 2.24) is 0 Å². The number of benzene rings is 1. The van der Waals surface area contributed by atoms with Gasteiger partial charge in [-0.3, -0.25) is 0 Å². The van der Waals surface area contributed by atoms with Crippen LogP contribution in [0.25, 0.3) is 0 Å². The highest BCUT2D eigenvalue weighted by molar-refractivity contribution is 6.09. The van der Waals surface area contributed by atoms with E-state index in [9.17, 15) is 4.39 Å². The molecule has 0 heterocycles. The molecule has 0 atom stereocenters. The van der Waals surface area contributed by atoms with Crippen LogP contribution in [-0.4, -0.2) is 7.11 Å². The summed E-state index contributed by atoms with van der Waals surface area (Å²) in [5, 5.41) is 0. The molecular formula is C7H6ClFO2. The van der Waals surface area contributed by atoms with Crippen molar-refractivity contribution in [3.63, 3.8) is 0 Å². The van der Waals surface area contributed by atoms with Gasteiger partial charge >= 0.3 is 0 Å². The highest BCUT2D eigenvalue weighted by atomic mass is 35.5. The van der Waals surface area contributed by atoms with Gasteiger partial charge in [-0.05, 0) is 12.1 Å². The van der Waals surface area contributed by atoms with E-state index in [4.69, 9.17) is 16.6 Å². The summed E-state index contributed by atoms with van der Waals surface area (Å²) in [5.74, 6) is -0.351. The average molecular weight is 177 g/mol. The minimum Gasteiger partial charge on any atom is -0.493 e. The van der Waals surface area contributed by atoms with Gasteiger partial charge in [0.05, 0.1) is 7.11 Å². The Bertz CT molecular complexity index is 252. The summed E-state index contributed by atoms with van der Waals surface area (Å²) in [7, 11) is 1.41. The van der Waals surface area contributed by atoms with E-state index in [1.165, 1.54) is 19.2 Å². The third-order valence-electron chi connectivity index (χ3n) is 1.23. The van der Waals surface area contributed by atoms with Crippen LogP contribution in [0, 0.1) is 5.82 Å². The summed E-state index contributed by atoms with van der Waals surface area (Å²) in [5.41, 5.74) is 0. The highest BCUT2D eigenvalue weighted by Crippen LogP contribution is 2.30. The number of rotatable bonds is 2. The van der Waals surface area contributed by atoms with Crippen LogP contribution in [0.2, 0.25) is 0 Å². The molecule has 0 unspecified atom stereocenters. The zero-order valence-corrected chi connectivity index (χ0v) is 6.56. The third kappa shape index (κ3) is 1.54. The van der Waals surface area contributed by atoms with Crippen molar-refractivity contribution in [2.45, 2.75) is 0 Å². The van der Waals surface area contributed by atoms with Crippen LogP contribution in [0.4, 0.5) is 4.39 Å². The molecule has 0 aliphatic carbocycles. The molecule has 0 radical (unpaired) electrons. The normalized spacial score (nSPS) is 9.36. The summed E-state index contributed by atoms with van der Waals surface area (Å²) >= 11 is 5.00. The van der Waals surface area contributed by atoms with E-state index in [0.717, 1.165) is 0 Å². The lowest BCUT2D eigenvalue weighted by molar-refractivity contribution is 0.388. The number of hydrogen-bond acceptors (Lipinski definition) is 2. The molecule has 60 valence electrons. The molecular weight excluding hydrogens is 171 g/mol. The Morgan fingerprint density at radius 2 is 2.18 bits per heavy atom. The van der Waals surface area contributed by atoms with Gasteiger partial charge in [0.2, 0.25) is 5.75 Å². The molecule has 1 aromatic carbocycles. The monoisotopic (exact) mass is 176 g/mol. The fourth-order valence-corrected chi connectivity index (χ4v) is 0.874. The first-order chi connectivity index (χ1) is 5.29. The first-order valence-corrected chi connectivity index (χ1v) is 3.21. The fourth-order valence-electron chi connectivity index (χ4n) is 0.725. The number of hydrogen-bond donors (Lipinski definition) is 0. The summed E-state index contributed by atoms with van der Waals surface area (Å²) in [6.45, 7) is 0. The molecule has 4 heteroatoms. The van der Waals surface area contributed by atoms with Gasteiger partial charge < -0.3 is 9.03 Å². The zero-order valence-electron chi connectivity index (χ0n) is 5.80. The Labute approximate surface area is 68.7 Å². The van der Waals surface area contributed by atoms with Crippen molar-refractivity contribution in [1.29, 1.82) is 0 Å². The largest absolute Gasteiger partial charge is 0.493 e. The minimum absolute atomic E-state index is 0.0864. The summed E-state index contributed by atoms with van der Waals surface area (Å²) < 4.78 is 21.8. The number of para-hydroxylation sites is 1. The van der Waals surface area contributed by atoms with E-state index in [0.29, 0.717) is 0 Å². The van der Waals surface area contributed by atoms with E-state index in [1.807, 2.05) is 0 Å². The number of halogens is 2. The van der Waals surface area contributed by atoms with Crippen molar-refractivity contribution in [3.8, 4) is 11.5 Å². The summed E-state index contributed by atoms with van der Waals surface area (Å²) in [6, 6.07) is 4.30. The van der Waals surface area contributed by atoms with Crippen LogP contribution in [0.1, 0.15) is 0 Å². The second-order valence-corrected chi connectivity index (χ2v) is 2.00. The maximum Gasteiger partial charge on any atom is 0.223 e. The molecule has 0 aliphatic rings. The first-order valence-electron chi connectivity index (χ1n) is 2.90. The van der Waals surface area contributed by atoms with Gasteiger partial charge in [-0.15, -0.1) is 0 Å². The number of ether oxygens (including phenoxy) is 1. The average Bonchev–Trinajstić information content (AvgIpc) is 2.04. The zero-order chi connectivity index (χ0) is 8.27. The second-order valence-electron chi connectivity index (χ2n) is 1.85. The molecule has 0 amide bonds. The topological polar surface area (TPSA) is 18.5 Å².